The molecule has 0 unspecified atom stereocenters. The fourth-order valence-electron chi connectivity index (χ4n) is 3.41. The molecule has 7 nitrogen and oxygen atoms in total. The molecule has 1 N–H and O–H groups in total. The van der Waals surface area contributed by atoms with Gasteiger partial charge in [-0.05, 0) is 55.3 Å². The van der Waals surface area contributed by atoms with Crippen LogP contribution >= 0.6 is 0 Å². The summed E-state index contributed by atoms with van der Waals surface area (Å²) in [5.74, 6) is 0.230. The third-order valence-electron chi connectivity index (χ3n) is 4.91. The lowest BCUT2D eigenvalue weighted by molar-refractivity contribution is 0.401. The average Bonchev–Trinajstić information content (AvgIpc) is 3.29. The van der Waals surface area contributed by atoms with E-state index in [1.807, 2.05) is 18.2 Å². The van der Waals surface area contributed by atoms with Crippen molar-refractivity contribution in [2.45, 2.75) is 17.7 Å². The number of benzene rings is 2. The van der Waals surface area contributed by atoms with Crippen molar-refractivity contribution < 1.29 is 17.5 Å². The molecule has 1 aromatic heterocycles. The Morgan fingerprint density at radius 3 is 2.53 bits per heavy atom. The number of nitrogens with one attached hydrogen (secondary N) is 1. The molecular formula is C21H21FN4O3S. The van der Waals surface area contributed by atoms with E-state index in [0.717, 1.165) is 43.9 Å². The van der Waals surface area contributed by atoms with E-state index in [0.29, 0.717) is 16.9 Å². The van der Waals surface area contributed by atoms with Gasteiger partial charge in [0.25, 0.3) is 10.0 Å². The minimum absolute atomic E-state index is 0.0587. The summed E-state index contributed by atoms with van der Waals surface area (Å²) in [5, 5.41) is 8.59. The van der Waals surface area contributed by atoms with Crippen molar-refractivity contribution >= 4 is 21.5 Å². The Hall–Kier alpha value is -3.20. The first kappa shape index (κ1) is 20.1. The third-order valence-corrected chi connectivity index (χ3v) is 6.31. The number of nitrogens with zero attached hydrogens (tertiary/aromatic N) is 3. The summed E-state index contributed by atoms with van der Waals surface area (Å²) in [6, 6.07) is 13.9. The van der Waals surface area contributed by atoms with Crippen LogP contribution in [0.4, 0.5) is 15.9 Å². The lowest BCUT2D eigenvalue weighted by Gasteiger charge is -2.15. The molecule has 0 atom stereocenters. The number of anilines is 2. The van der Waals surface area contributed by atoms with Crippen molar-refractivity contribution in [1.82, 2.24) is 10.2 Å². The minimum Gasteiger partial charge on any atom is -0.495 e. The predicted molar refractivity (Wildman–Crippen MR) is 113 cm³/mol. The van der Waals surface area contributed by atoms with Gasteiger partial charge in [-0.3, -0.25) is 4.72 Å². The van der Waals surface area contributed by atoms with Crippen LogP contribution in [0.3, 0.4) is 0 Å². The highest BCUT2D eigenvalue weighted by molar-refractivity contribution is 7.92. The summed E-state index contributed by atoms with van der Waals surface area (Å²) in [6.45, 7) is 1.96. The van der Waals surface area contributed by atoms with Gasteiger partial charge in [-0.15, -0.1) is 10.2 Å². The van der Waals surface area contributed by atoms with E-state index < -0.39 is 15.8 Å². The second kappa shape index (κ2) is 8.27. The van der Waals surface area contributed by atoms with Crippen molar-refractivity contribution in [2.75, 3.05) is 29.8 Å². The van der Waals surface area contributed by atoms with Gasteiger partial charge in [0.15, 0.2) is 5.82 Å². The monoisotopic (exact) mass is 428 g/mol. The number of rotatable bonds is 6. The molecule has 1 aliphatic rings. The Morgan fingerprint density at radius 1 is 1.03 bits per heavy atom. The van der Waals surface area contributed by atoms with E-state index in [2.05, 4.69) is 19.8 Å². The Balaban J connectivity index is 1.58. The van der Waals surface area contributed by atoms with Crippen molar-refractivity contribution in [2.24, 2.45) is 0 Å². The van der Waals surface area contributed by atoms with Crippen LogP contribution in [-0.4, -0.2) is 38.8 Å². The zero-order valence-electron chi connectivity index (χ0n) is 16.4. The Bertz CT molecular complexity index is 1150. The number of methoxy groups -OCH3 is 1. The van der Waals surface area contributed by atoms with Crippen LogP contribution in [-0.2, 0) is 10.0 Å². The van der Waals surface area contributed by atoms with Gasteiger partial charge in [0, 0.05) is 24.3 Å². The van der Waals surface area contributed by atoms with Crippen molar-refractivity contribution in [3.05, 3.63) is 60.4 Å². The fraction of sp³-hybridized carbons (Fsp3) is 0.238. The maximum Gasteiger partial charge on any atom is 0.265 e. The van der Waals surface area contributed by atoms with Crippen LogP contribution in [0.1, 0.15) is 12.8 Å². The highest BCUT2D eigenvalue weighted by atomic mass is 32.2. The molecule has 4 rings (SSSR count). The molecule has 2 heterocycles. The lowest BCUT2D eigenvalue weighted by atomic mass is 10.1. The van der Waals surface area contributed by atoms with Gasteiger partial charge >= 0.3 is 0 Å². The normalized spacial score (nSPS) is 14.0. The molecule has 0 amide bonds. The van der Waals surface area contributed by atoms with Crippen LogP contribution in [0.5, 0.6) is 5.75 Å². The largest absolute Gasteiger partial charge is 0.495 e. The second-order valence-electron chi connectivity index (χ2n) is 6.95. The maximum atomic E-state index is 13.6. The first-order chi connectivity index (χ1) is 14.5. The molecule has 2 aromatic carbocycles. The summed E-state index contributed by atoms with van der Waals surface area (Å²) in [6.07, 6.45) is 2.31. The van der Waals surface area contributed by atoms with Crippen molar-refractivity contribution in [3.63, 3.8) is 0 Å². The van der Waals surface area contributed by atoms with Crippen LogP contribution in [0.2, 0.25) is 0 Å². The van der Waals surface area contributed by atoms with Gasteiger partial charge in [-0.2, -0.15) is 0 Å². The molecule has 156 valence electrons. The Morgan fingerprint density at radius 2 is 1.83 bits per heavy atom. The Labute approximate surface area is 174 Å². The standard InChI is InChI=1S/C21H21FN4O3S/c1-29-19-9-7-16(22)14-20(19)30(27,28)25-17-6-4-5-15(13-17)18-8-10-21(24-23-18)26-11-2-3-12-26/h4-10,13-14,25H,2-3,11-12H2,1H3. The summed E-state index contributed by atoms with van der Waals surface area (Å²) in [7, 11) is -2.72. The van der Waals surface area contributed by atoms with Crippen molar-refractivity contribution in [3.8, 4) is 17.0 Å². The highest BCUT2D eigenvalue weighted by Gasteiger charge is 2.21. The molecule has 0 aliphatic carbocycles. The number of sulfonamides is 1. The van der Waals surface area contributed by atoms with Gasteiger partial charge in [0.1, 0.15) is 16.5 Å². The zero-order chi connectivity index (χ0) is 21.1. The first-order valence-electron chi connectivity index (χ1n) is 9.52. The highest BCUT2D eigenvalue weighted by Crippen LogP contribution is 2.28. The van der Waals surface area contributed by atoms with Crippen LogP contribution < -0.4 is 14.4 Å². The molecule has 1 saturated heterocycles. The Kier molecular flexibility index (Phi) is 5.54. The average molecular weight is 428 g/mol. The van der Waals surface area contributed by atoms with Crippen molar-refractivity contribution in [1.29, 1.82) is 0 Å². The van der Waals surface area contributed by atoms with Gasteiger partial charge in [-0.25, -0.2) is 12.8 Å². The predicted octanol–water partition coefficient (Wildman–Crippen LogP) is 3.69. The number of hydrogen-bond acceptors (Lipinski definition) is 6. The van der Waals surface area contributed by atoms with E-state index in [9.17, 15) is 12.8 Å². The molecule has 0 spiro atoms. The molecule has 0 radical (unpaired) electrons. The summed E-state index contributed by atoms with van der Waals surface area (Å²) in [5.41, 5.74) is 1.66. The van der Waals surface area contributed by atoms with E-state index in [1.54, 1.807) is 18.2 Å². The molecule has 3 aromatic rings. The van der Waals surface area contributed by atoms with Crippen LogP contribution in [0, 0.1) is 5.82 Å². The SMILES string of the molecule is COc1ccc(F)cc1S(=O)(=O)Nc1cccc(-c2ccc(N3CCCC3)nn2)c1. The van der Waals surface area contributed by atoms with Gasteiger partial charge in [-0.1, -0.05) is 12.1 Å². The zero-order valence-corrected chi connectivity index (χ0v) is 17.2. The van der Waals surface area contributed by atoms with E-state index in [-0.39, 0.29) is 10.6 Å². The number of ether oxygens (including phenoxy) is 1. The molecular weight excluding hydrogens is 407 g/mol. The summed E-state index contributed by atoms with van der Waals surface area (Å²) in [4.78, 5) is 1.92. The molecule has 0 saturated carbocycles. The quantitative estimate of drug-likeness (QED) is 0.645. The maximum absolute atomic E-state index is 13.6. The minimum atomic E-state index is -4.05. The van der Waals surface area contributed by atoms with Gasteiger partial charge < -0.3 is 9.64 Å². The van der Waals surface area contributed by atoms with E-state index >= 15 is 0 Å². The molecule has 9 heteroatoms. The first-order valence-corrected chi connectivity index (χ1v) is 11.0. The lowest BCUT2D eigenvalue weighted by Crippen LogP contribution is -2.19. The summed E-state index contributed by atoms with van der Waals surface area (Å²) >= 11 is 0. The molecule has 30 heavy (non-hydrogen) atoms. The number of hydrogen-bond donors (Lipinski definition) is 1. The van der Waals surface area contributed by atoms with Crippen LogP contribution in [0.25, 0.3) is 11.3 Å². The molecule has 0 bridgehead atoms. The van der Waals surface area contributed by atoms with Crippen LogP contribution in [0.15, 0.2) is 59.5 Å². The van der Waals surface area contributed by atoms with E-state index in [4.69, 9.17) is 4.74 Å². The smallest absolute Gasteiger partial charge is 0.265 e. The molecule has 1 aliphatic heterocycles. The molecule has 1 fully saturated rings. The van der Waals surface area contributed by atoms with Gasteiger partial charge in [0.2, 0.25) is 0 Å². The number of aromatic nitrogens is 2. The van der Waals surface area contributed by atoms with E-state index in [1.165, 1.54) is 13.2 Å². The number of halogens is 1. The second-order valence-corrected chi connectivity index (χ2v) is 8.60. The topological polar surface area (TPSA) is 84.4 Å². The third kappa shape index (κ3) is 4.20. The summed E-state index contributed by atoms with van der Waals surface area (Å²) < 4.78 is 46.7. The fourth-order valence-corrected chi connectivity index (χ4v) is 4.64. The van der Waals surface area contributed by atoms with Gasteiger partial charge in [0.05, 0.1) is 12.8 Å².